The zero-order valence-electron chi connectivity index (χ0n) is 12.5. The van der Waals surface area contributed by atoms with Crippen LogP contribution in [0.2, 0.25) is 0 Å². The lowest BCUT2D eigenvalue weighted by molar-refractivity contribution is -0.142. The summed E-state index contributed by atoms with van der Waals surface area (Å²) >= 11 is 1.62. The molecule has 1 N–H and O–H groups in total. The van der Waals surface area contributed by atoms with Crippen molar-refractivity contribution in [2.24, 2.45) is 0 Å². The van der Waals surface area contributed by atoms with Crippen LogP contribution in [0.1, 0.15) is 22.3 Å². The summed E-state index contributed by atoms with van der Waals surface area (Å²) in [5.74, 6) is 0.0659. The summed E-state index contributed by atoms with van der Waals surface area (Å²) in [7, 11) is 2.94. The Kier molecular flexibility index (Phi) is 7.85. The van der Waals surface area contributed by atoms with Gasteiger partial charge in [0.15, 0.2) is 0 Å². The first-order valence-electron chi connectivity index (χ1n) is 6.57. The molecule has 0 fully saturated rings. The molecule has 0 unspecified atom stereocenters. The molecule has 0 bridgehead atoms. The van der Waals surface area contributed by atoms with Crippen molar-refractivity contribution in [3.05, 3.63) is 35.4 Å². The molecule has 1 amide bonds. The number of hydrogen-bond acceptors (Lipinski definition) is 5. The van der Waals surface area contributed by atoms with Crippen LogP contribution < -0.4 is 5.32 Å². The maximum atomic E-state index is 12.2. The summed E-state index contributed by atoms with van der Waals surface area (Å²) in [5, 5.41) is 2.71. The second-order valence-corrected chi connectivity index (χ2v) is 5.45. The molecule has 1 aromatic rings. The van der Waals surface area contributed by atoms with Gasteiger partial charge in [0.05, 0.1) is 13.7 Å². The quantitative estimate of drug-likeness (QED) is 0.742. The van der Waals surface area contributed by atoms with Gasteiger partial charge < -0.3 is 14.8 Å². The average molecular weight is 311 g/mol. The average Bonchev–Trinajstić information content (AvgIpc) is 2.51. The molecule has 0 heterocycles. The Bertz CT molecular complexity index is 461. The molecule has 0 aromatic heterocycles. The van der Waals surface area contributed by atoms with Gasteiger partial charge in [-0.2, -0.15) is 11.8 Å². The smallest absolute Gasteiger partial charge is 0.328 e. The highest BCUT2D eigenvalue weighted by Crippen LogP contribution is 2.08. The highest BCUT2D eigenvalue weighted by molar-refractivity contribution is 7.98. The van der Waals surface area contributed by atoms with Gasteiger partial charge in [-0.1, -0.05) is 12.1 Å². The monoisotopic (exact) mass is 311 g/mol. The predicted molar refractivity (Wildman–Crippen MR) is 83.4 cm³/mol. The van der Waals surface area contributed by atoms with Crippen LogP contribution in [0, 0.1) is 0 Å². The first-order valence-corrected chi connectivity index (χ1v) is 7.97. The van der Waals surface area contributed by atoms with Crippen LogP contribution in [-0.4, -0.2) is 44.1 Å². The van der Waals surface area contributed by atoms with Gasteiger partial charge in [0, 0.05) is 12.7 Å². The molecular weight excluding hydrogens is 290 g/mol. The fraction of sp³-hybridized carbons (Fsp3) is 0.467. The van der Waals surface area contributed by atoms with E-state index in [1.165, 1.54) is 7.11 Å². The van der Waals surface area contributed by atoms with E-state index in [2.05, 4.69) is 5.32 Å². The second kappa shape index (κ2) is 9.41. The number of benzene rings is 1. The van der Waals surface area contributed by atoms with E-state index in [-0.39, 0.29) is 5.91 Å². The van der Waals surface area contributed by atoms with Crippen molar-refractivity contribution in [3.8, 4) is 0 Å². The molecule has 5 nitrogen and oxygen atoms in total. The summed E-state index contributed by atoms with van der Waals surface area (Å²) < 4.78 is 9.74. The van der Waals surface area contributed by atoms with Crippen LogP contribution >= 0.6 is 11.8 Å². The molecule has 0 spiro atoms. The molecule has 0 aliphatic heterocycles. The van der Waals surface area contributed by atoms with Crippen molar-refractivity contribution in [1.29, 1.82) is 0 Å². The van der Waals surface area contributed by atoms with Gasteiger partial charge in [-0.15, -0.1) is 0 Å². The molecule has 1 rings (SSSR count). The van der Waals surface area contributed by atoms with Gasteiger partial charge >= 0.3 is 5.97 Å². The Labute approximate surface area is 129 Å². The van der Waals surface area contributed by atoms with E-state index in [1.54, 1.807) is 31.0 Å². The fourth-order valence-corrected chi connectivity index (χ4v) is 2.26. The van der Waals surface area contributed by atoms with Crippen molar-refractivity contribution in [1.82, 2.24) is 5.32 Å². The van der Waals surface area contributed by atoms with E-state index < -0.39 is 12.0 Å². The van der Waals surface area contributed by atoms with E-state index in [9.17, 15) is 9.59 Å². The van der Waals surface area contributed by atoms with E-state index in [4.69, 9.17) is 9.47 Å². The van der Waals surface area contributed by atoms with Crippen molar-refractivity contribution >= 4 is 23.6 Å². The maximum absolute atomic E-state index is 12.2. The molecule has 0 aliphatic carbocycles. The minimum atomic E-state index is -0.617. The molecule has 0 saturated carbocycles. The zero-order valence-corrected chi connectivity index (χ0v) is 13.4. The summed E-state index contributed by atoms with van der Waals surface area (Å²) in [5.41, 5.74) is 1.49. The molecule has 21 heavy (non-hydrogen) atoms. The summed E-state index contributed by atoms with van der Waals surface area (Å²) in [6.07, 6.45) is 2.49. The Morgan fingerprint density at radius 2 is 1.90 bits per heavy atom. The number of thioether (sulfide) groups is 1. The van der Waals surface area contributed by atoms with Gasteiger partial charge in [-0.05, 0) is 36.1 Å². The third-order valence-electron chi connectivity index (χ3n) is 2.93. The largest absolute Gasteiger partial charge is 0.467 e. The van der Waals surface area contributed by atoms with Crippen LogP contribution in [0.25, 0.3) is 0 Å². The molecule has 1 atom stereocenters. The fourth-order valence-electron chi connectivity index (χ4n) is 1.79. The number of esters is 1. The molecular formula is C15H21NO4S. The molecule has 0 aliphatic rings. The lowest BCUT2D eigenvalue weighted by Gasteiger charge is -2.16. The number of amides is 1. The maximum Gasteiger partial charge on any atom is 0.328 e. The van der Waals surface area contributed by atoms with Crippen LogP contribution in [0.4, 0.5) is 0 Å². The molecule has 116 valence electrons. The van der Waals surface area contributed by atoms with Crippen molar-refractivity contribution in [2.45, 2.75) is 19.1 Å². The number of carbonyl (C=O) groups is 2. The molecule has 6 heteroatoms. The third-order valence-corrected chi connectivity index (χ3v) is 3.57. The lowest BCUT2D eigenvalue weighted by Crippen LogP contribution is -2.41. The van der Waals surface area contributed by atoms with Gasteiger partial charge in [-0.25, -0.2) is 4.79 Å². The van der Waals surface area contributed by atoms with E-state index in [1.807, 2.05) is 18.4 Å². The van der Waals surface area contributed by atoms with Crippen LogP contribution in [-0.2, 0) is 20.9 Å². The van der Waals surface area contributed by atoms with E-state index in [0.29, 0.717) is 18.6 Å². The van der Waals surface area contributed by atoms with Gasteiger partial charge in [0.1, 0.15) is 6.04 Å². The Morgan fingerprint density at radius 3 is 2.43 bits per heavy atom. The first kappa shape index (κ1) is 17.5. The van der Waals surface area contributed by atoms with Gasteiger partial charge in [0.2, 0.25) is 0 Å². The highest BCUT2D eigenvalue weighted by Gasteiger charge is 2.21. The lowest BCUT2D eigenvalue weighted by atomic mass is 10.1. The summed E-state index contributed by atoms with van der Waals surface area (Å²) in [6, 6.07) is 6.47. The number of ether oxygens (including phenoxy) is 2. The van der Waals surface area contributed by atoms with Gasteiger partial charge in [0.25, 0.3) is 5.91 Å². The van der Waals surface area contributed by atoms with Crippen LogP contribution in [0.15, 0.2) is 24.3 Å². The Hall–Kier alpha value is -1.53. The topological polar surface area (TPSA) is 64.6 Å². The number of carbonyl (C=O) groups excluding carboxylic acids is 2. The highest BCUT2D eigenvalue weighted by atomic mass is 32.2. The van der Waals surface area contributed by atoms with Gasteiger partial charge in [-0.3, -0.25) is 4.79 Å². The molecule has 0 saturated heterocycles. The van der Waals surface area contributed by atoms with E-state index >= 15 is 0 Å². The third kappa shape index (κ3) is 5.77. The standard InChI is InChI=1S/C15H21NO4S/c1-19-10-11-4-6-12(7-5-11)14(17)16-13(8-9-21-3)15(18)20-2/h4-7,13H,8-10H2,1-3H3,(H,16,17)/t13-/m1/s1. The van der Waals surface area contributed by atoms with Crippen molar-refractivity contribution < 1.29 is 19.1 Å². The van der Waals surface area contributed by atoms with Crippen molar-refractivity contribution in [2.75, 3.05) is 26.2 Å². The Morgan fingerprint density at radius 1 is 1.24 bits per heavy atom. The number of methoxy groups -OCH3 is 2. The van der Waals surface area contributed by atoms with E-state index in [0.717, 1.165) is 11.3 Å². The summed E-state index contributed by atoms with van der Waals surface area (Å²) in [6.45, 7) is 0.500. The molecule has 0 radical (unpaired) electrons. The second-order valence-electron chi connectivity index (χ2n) is 4.46. The molecule has 1 aromatic carbocycles. The SMILES string of the molecule is COCc1ccc(C(=O)N[C@H](CCSC)C(=O)OC)cc1. The summed E-state index contributed by atoms with van der Waals surface area (Å²) in [4.78, 5) is 23.8. The van der Waals surface area contributed by atoms with Crippen LogP contribution in [0.5, 0.6) is 0 Å². The Balaban J connectivity index is 2.69. The first-order chi connectivity index (χ1) is 10.1. The normalized spacial score (nSPS) is 11.8. The number of hydrogen-bond donors (Lipinski definition) is 1. The number of nitrogens with one attached hydrogen (secondary N) is 1. The minimum Gasteiger partial charge on any atom is -0.467 e. The van der Waals surface area contributed by atoms with Crippen LogP contribution in [0.3, 0.4) is 0 Å². The zero-order chi connectivity index (χ0) is 15.7. The number of rotatable bonds is 8. The predicted octanol–water partition coefficient (Wildman–Crippen LogP) is 1.86. The van der Waals surface area contributed by atoms with Crippen molar-refractivity contribution in [3.63, 3.8) is 0 Å². The minimum absolute atomic E-state index is 0.282.